The van der Waals surface area contributed by atoms with E-state index in [4.69, 9.17) is 4.42 Å². The summed E-state index contributed by atoms with van der Waals surface area (Å²) < 4.78 is 4.95. The summed E-state index contributed by atoms with van der Waals surface area (Å²) in [6.45, 7) is 0.654. The van der Waals surface area contributed by atoms with Crippen LogP contribution in [0.1, 0.15) is 16.2 Å². The number of aromatic nitrogens is 1. The van der Waals surface area contributed by atoms with Gasteiger partial charge in [0.2, 0.25) is 0 Å². The van der Waals surface area contributed by atoms with Gasteiger partial charge in [-0.05, 0) is 0 Å². The summed E-state index contributed by atoms with van der Waals surface area (Å²) in [5.74, 6) is 0.568. The van der Waals surface area contributed by atoms with Crippen LogP contribution in [0.15, 0.2) is 10.8 Å². The molecule has 1 aliphatic rings. The van der Waals surface area contributed by atoms with Gasteiger partial charge < -0.3 is 9.73 Å². The summed E-state index contributed by atoms with van der Waals surface area (Å²) in [6.07, 6.45) is 2.05. The molecule has 0 radical (unpaired) electrons. The van der Waals surface area contributed by atoms with Crippen LogP contribution in [0.5, 0.6) is 0 Å². The van der Waals surface area contributed by atoms with Crippen LogP contribution in [0.2, 0.25) is 0 Å². The van der Waals surface area contributed by atoms with E-state index in [2.05, 4.69) is 10.3 Å². The highest BCUT2D eigenvalue weighted by atomic mass is 16.3. The van der Waals surface area contributed by atoms with E-state index in [0.29, 0.717) is 18.0 Å². The molecule has 0 bridgehead atoms. The minimum absolute atomic E-state index is 0.130. The Morgan fingerprint density at radius 3 is 3.40 bits per heavy atom. The number of carbonyl (C=O) groups is 1. The Morgan fingerprint density at radius 2 is 2.60 bits per heavy atom. The van der Waals surface area contributed by atoms with Gasteiger partial charge in [-0.1, -0.05) is 0 Å². The largest absolute Gasteiger partial charge is 0.448 e. The number of oxazole rings is 1. The number of nitrogens with zero attached hydrogens (tertiary/aromatic N) is 1. The van der Waals surface area contributed by atoms with Crippen molar-refractivity contribution < 1.29 is 9.21 Å². The number of nitrogens with one attached hydrogen (secondary N) is 1. The highest BCUT2D eigenvalue weighted by molar-refractivity contribution is 5.93. The monoisotopic (exact) mass is 138 g/mol. The summed E-state index contributed by atoms with van der Waals surface area (Å²) in [7, 11) is 0. The van der Waals surface area contributed by atoms with Crippen molar-refractivity contribution in [3.05, 3.63) is 17.8 Å². The normalized spacial score (nSPS) is 16.2. The van der Waals surface area contributed by atoms with E-state index >= 15 is 0 Å². The van der Waals surface area contributed by atoms with Crippen molar-refractivity contribution in [2.24, 2.45) is 0 Å². The Morgan fingerprint density at radius 1 is 1.70 bits per heavy atom. The molecule has 10 heavy (non-hydrogen) atoms. The van der Waals surface area contributed by atoms with Crippen LogP contribution in [0.3, 0.4) is 0 Å². The molecule has 1 amide bonds. The topological polar surface area (TPSA) is 55.1 Å². The molecule has 4 heteroatoms. The van der Waals surface area contributed by atoms with Crippen molar-refractivity contribution in [3.8, 4) is 0 Å². The summed E-state index contributed by atoms with van der Waals surface area (Å²) >= 11 is 0. The van der Waals surface area contributed by atoms with E-state index in [9.17, 15) is 4.79 Å². The van der Waals surface area contributed by atoms with E-state index in [0.717, 1.165) is 6.42 Å². The number of carbonyl (C=O) groups excluding carboxylic acids is 1. The fraction of sp³-hybridized carbons (Fsp3) is 0.333. The smallest absolute Gasteiger partial charge is 0.273 e. The molecule has 4 nitrogen and oxygen atoms in total. The van der Waals surface area contributed by atoms with E-state index in [1.807, 2.05) is 0 Å². The third-order valence-corrected chi connectivity index (χ3v) is 1.49. The maximum atomic E-state index is 10.9. The molecule has 2 rings (SSSR count). The van der Waals surface area contributed by atoms with Crippen LogP contribution in [0.25, 0.3) is 0 Å². The van der Waals surface area contributed by atoms with Gasteiger partial charge in [0, 0.05) is 13.0 Å². The van der Waals surface area contributed by atoms with Gasteiger partial charge in [0.05, 0.1) is 0 Å². The van der Waals surface area contributed by atoms with E-state index in [1.54, 1.807) is 0 Å². The highest BCUT2D eigenvalue weighted by Crippen LogP contribution is 2.10. The van der Waals surface area contributed by atoms with Gasteiger partial charge in [0.1, 0.15) is 5.76 Å². The Labute approximate surface area is 57.2 Å². The second-order valence-corrected chi connectivity index (χ2v) is 2.13. The molecular formula is C6H6N2O2. The molecule has 0 aliphatic carbocycles. The van der Waals surface area contributed by atoms with Crippen molar-refractivity contribution in [1.29, 1.82) is 0 Å². The summed E-state index contributed by atoms with van der Waals surface area (Å²) in [6, 6.07) is 0. The molecule has 0 atom stereocenters. The molecule has 1 aromatic rings. The molecule has 0 unspecified atom stereocenters. The van der Waals surface area contributed by atoms with Crippen molar-refractivity contribution in [1.82, 2.24) is 10.3 Å². The lowest BCUT2D eigenvalue weighted by Gasteiger charge is -2.07. The van der Waals surface area contributed by atoms with Gasteiger partial charge in [-0.15, -0.1) is 0 Å². The van der Waals surface area contributed by atoms with Crippen LogP contribution in [0, 0.1) is 0 Å². The molecular weight excluding hydrogens is 132 g/mol. The second kappa shape index (κ2) is 1.83. The third-order valence-electron chi connectivity index (χ3n) is 1.49. The quantitative estimate of drug-likeness (QED) is 0.547. The first-order valence-electron chi connectivity index (χ1n) is 3.08. The fourth-order valence-corrected chi connectivity index (χ4v) is 1.01. The fourth-order valence-electron chi connectivity index (χ4n) is 1.01. The van der Waals surface area contributed by atoms with Gasteiger partial charge >= 0.3 is 0 Å². The molecule has 0 saturated heterocycles. The maximum absolute atomic E-state index is 10.9. The average Bonchev–Trinajstić information content (AvgIpc) is 2.36. The number of amides is 1. The van der Waals surface area contributed by atoms with Gasteiger partial charge in [-0.25, -0.2) is 4.98 Å². The van der Waals surface area contributed by atoms with Crippen molar-refractivity contribution in [2.75, 3.05) is 6.54 Å². The lowest BCUT2D eigenvalue weighted by Crippen LogP contribution is -2.31. The summed E-state index contributed by atoms with van der Waals surface area (Å²) in [4.78, 5) is 14.7. The zero-order valence-corrected chi connectivity index (χ0v) is 5.26. The van der Waals surface area contributed by atoms with Crippen LogP contribution >= 0.6 is 0 Å². The molecule has 1 N–H and O–H groups in total. The van der Waals surface area contributed by atoms with E-state index < -0.39 is 0 Å². The Bertz CT molecular complexity index is 266. The van der Waals surface area contributed by atoms with Crippen LogP contribution in [-0.2, 0) is 6.42 Å². The van der Waals surface area contributed by atoms with Gasteiger partial charge in [0.15, 0.2) is 12.1 Å². The lowest BCUT2D eigenvalue weighted by molar-refractivity contribution is 0.0938. The number of rotatable bonds is 0. The number of hydrogen-bond acceptors (Lipinski definition) is 3. The lowest BCUT2D eigenvalue weighted by atomic mass is 10.2. The maximum Gasteiger partial charge on any atom is 0.273 e. The minimum Gasteiger partial charge on any atom is -0.448 e. The molecule has 0 spiro atoms. The summed E-state index contributed by atoms with van der Waals surface area (Å²) in [5, 5.41) is 2.66. The first-order valence-corrected chi connectivity index (χ1v) is 3.08. The minimum atomic E-state index is -0.130. The van der Waals surface area contributed by atoms with Gasteiger partial charge in [-0.3, -0.25) is 4.79 Å². The van der Waals surface area contributed by atoms with Crippen molar-refractivity contribution >= 4 is 5.91 Å². The third kappa shape index (κ3) is 0.618. The zero-order valence-electron chi connectivity index (χ0n) is 5.26. The predicted octanol–water partition coefficient (Wildman–Crippen LogP) is -0.0395. The summed E-state index contributed by atoms with van der Waals surface area (Å²) in [5.41, 5.74) is 0.436. The SMILES string of the molecule is O=C1NCCc2ocnc21. The first kappa shape index (κ1) is 5.46. The van der Waals surface area contributed by atoms with Crippen molar-refractivity contribution in [3.63, 3.8) is 0 Å². The molecule has 0 fully saturated rings. The van der Waals surface area contributed by atoms with E-state index in [-0.39, 0.29) is 5.91 Å². The zero-order chi connectivity index (χ0) is 6.97. The first-order chi connectivity index (χ1) is 4.88. The Balaban J connectivity index is 2.50. The highest BCUT2D eigenvalue weighted by Gasteiger charge is 2.20. The Kier molecular flexibility index (Phi) is 1.00. The van der Waals surface area contributed by atoms with Gasteiger partial charge in [0.25, 0.3) is 5.91 Å². The Hall–Kier alpha value is -1.32. The van der Waals surface area contributed by atoms with Crippen LogP contribution in [-0.4, -0.2) is 17.4 Å². The van der Waals surface area contributed by atoms with Gasteiger partial charge in [-0.2, -0.15) is 0 Å². The molecule has 52 valence electrons. The molecule has 1 aromatic heterocycles. The van der Waals surface area contributed by atoms with Crippen molar-refractivity contribution in [2.45, 2.75) is 6.42 Å². The molecule has 0 saturated carbocycles. The predicted molar refractivity (Wildman–Crippen MR) is 32.5 cm³/mol. The standard InChI is InChI=1S/C6H6N2O2/c9-6-5-4(1-2-7-6)10-3-8-5/h3H,1-2H2,(H,7,9). The van der Waals surface area contributed by atoms with Crippen LogP contribution < -0.4 is 5.32 Å². The molecule has 2 heterocycles. The number of hydrogen-bond donors (Lipinski definition) is 1. The number of fused-ring (bicyclic) bond motifs is 1. The van der Waals surface area contributed by atoms with Crippen LogP contribution in [0.4, 0.5) is 0 Å². The average molecular weight is 138 g/mol. The molecule has 1 aliphatic heterocycles. The van der Waals surface area contributed by atoms with E-state index in [1.165, 1.54) is 6.39 Å². The second-order valence-electron chi connectivity index (χ2n) is 2.13. The molecule has 0 aromatic carbocycles.